The van der Waals surface area contributed by atoms with Crippen molar-refractivity contribution >= 4 is 15.9 Å². The second-order valence-corrected chi connectivity index (χ2v) is 4.24. The molecule has 1 aliphatic heterocycles. The van der Waals surface area contributed by atoms with Crippen LogP contribution in [0.5, 0.6) is 0 Å². The molecule has 4 heteroatoms. The Hall–Kier alpha value is -0.740. The van der Waals surface area contributed by atoms with E-state index in [-0.39, 0.29) is 6.04 Å². The summed E-state index contributed by atoms with van der Waals surface area (Å²) in [7, 11) is 1.90. The molecule has 0 bridgehead atoms. The van der Waals surface area contributed by atoms with Crippen molar-refractivity contribution in [3.8, 4) is 0 Å². The van der Waals surface area contributed by atoms with Gasteiger partial charge in [0.25, 0.3) is 0 Å². The molecular formula is C11H14BrNO2. The normalized spacial score (nSPS) is 18.1. The van der Waals surface area contributed by atoms with E-state index in [0.717, 1.165) is 35.6 Å². The van der Waals surface area contributed by atoms with Crippen molar-refractivity contribution in [1.82, 2.24) is 5.32 Å². The summed E-state index contributed by atoms with van der Waals surface area (Å²) in [6.07, 6.45) is 4.30. The number of ether oxygens (including phenoxy) is 1. The minimum Gasteiger partial charge on any atom is -0.496 e. The van der Waals surface area contributed by atoms with Crippen molar-refractivity contribution in [2.75, 3.05) is 13.7 Å². The van der Waals surface area contributed by atoms with Crippen LogP contribution in [0.1, 0.15) is 24.6 Å². The molecular weight excluding hydrogens is 258 g/mol. The van der Waals surface area contributed by atoms with Gasteiger partial charge in [-0.2, -0.15) is 0 Å². The lowest BCUT2D eigenvalue weighted by molar-refractivity contribution is 0.163. The third-order valence-electron chi connectivity index (χ3n) is 2.41. The standard InChI is InChI=1S/C11H14BrNO2/c1-13-11(8-4-2-3-7-14-8)9-5-6-10(12)15-9/h4-6,11,13H,2-3,7H2,1H3. The van der Waals surface area contributed by atoms with Gasteiger partial charge in [0.1, 0.15) is 17.6 Å². The number of likely N-dealkylation sites (N-methyl/N-ethyl adjacent to an activating group) is 1. The molecule has 1 aliphatic rings. The summed E-state index contributed by atoms with van der Waals surface area (Å²) in [5, 5.41) is 3.19. The molecule has 0 saturated carbocycles. The molecule has 1 atom stereocenters. The molecule has 0 fully saturated rings. The number of hydrogen-bond acceptors (Lipinski definition) is 3. The van der Waals surface area contributed by atoms with Gasteiger partial charge in [-0.05, 0) is 54.0 Å². The number of nitrogens with one attached hydrogen (secondary N) is 1. The van der Waals surface area contributed by atoms with Crippen molar-refractivity contribution in [3.63, 3.8) is 0 Å². The lowest BCUT2D eigenvalue weighted by Crippen LogP contribution is -2.21. The van der Waals surface area contributed by atoms with Crippen LogP contribution >= 0.6 is 15.9 Å². The number of allylic oxidation sites excluding steroid dienone is 1. The van der Waals surface area contributed by atoms with Crippen LogP contribution in [-0.2, 0) is 4.74 Å². The Balaban J connectivity index is 2.19. The first-order valence-corrected chi connectivity index (χ1v) is 5.86. The number of halogens is 1. The number of furan rings is 1. The van der Waals surface area contributed by atoms with Gasteiger partial charge in [0.05, 0.1) is 6.61 Å². The lowest BCUT2D eigenvalue weighted by Gasteiger charge is -2.21. The monoisotopic (exact) mass is 271 g/mol. The zero-order valence-corrected chi connectivity index (χ0v) is 10.2. The highest BCUT2D eigenvalue weighted by Gasteiger charge is 2.21. The van der Waals surface area contributed by atoms with Gasteiger partial charge in [0.15, 0.2) is 4.67 Å². The van der Waals surface area contributed by atoms with Gasteiger partial charge in [-0.1, -0.05) is 0 Å². The third-order valence-corrected chi connectivity index (χ3v) is 2.84. The van der Waals surface area contributed by atoms with Crippen LogP contribution in [0.2, 0.25) is 0 Å². The number of hydrogen-bond donors (Lipinski definition) is 1. The minimum absolute atomic E-state index is 0.0246. The molecule has 0 saturated heterocycles. The van der Waals surface area contributed by atoms with Crippen molar-refractivity contribution in [2.24, 2.45) is 0 Å². The van der Waals surface area contributed by atoms with E-state index in [1.54, 1.807) is 0 Å². The predicted octanol–water partition coefficient (Wildman–Crippen LogP) is 3.00. The van der Waals surface area contributed by atoms with Gasteiger partial charge in [-0.25, -0.2) is 0 Å². The van der Waals surface area contributed by atoms with Crippen molar-refractivity contribution in [3.05, 3.63) is 34.4 Å². The second-order valence-electron chi connectivity index (χ2n) is 3.46. The Morgan fingerprint density at radius 3 is 2.87 bits per heavy atom. The quantitative estimate of drug-likeness (QED) is 0.918. The SMILES string of the molecule is CNC(C1=CCCCO1)c1ccc(Br)o1. The van der Waals surface area contributed by atoms with Gasteiger partial charge in [0.2, 0.25) is 0 Å². The Morgan fingerprint density at radius 2 is 2.33 bits per heavy atom. The summed E-state index contributed by atoms with van der Waals surface area (Å²) in [6.45, 7) is 0.798. The molecule has 0 aliphatic carbocycles. The van der Waals surface area contributed by atoms with E-state index in [4.69, 9.17) is 9.15 Å². The fraction of sp³-hybridized carbons (Fsp3) is 0.455. The zero-order valence-electron chi connectivity index (χ0n) is 8.63. The fourth-order valence-corrected chi connectivity index (χ4v) is 2.01. The van der Waals surface area contributed by atoms with E-state index in [9.17, 15) is 0 Å². The van der Waals surface area contributed by atoms with E-state index in [1.165, 1.54) is 0 Å². The van der Waals surface area contributed by atoms with Crippen LogP contribution < -0.4 is 5.32 Å². The van der Waals surface area contributed by atoms with Gasteiger partial charge in [-0.3, -0.25) is 0 Å². The van der Waals surface area contributed by atoms with E-state index < -0.39 is 0 Å². The highest BCUT2D eigenvalue weighted by molar-refractivity contribution is 9.10. The highest BCUT2D eigenvalue weighted by atomic mass is 79.9. The van der Waals surface area contributed by atoms with Crippen LogP contribution in [0.15, 0.2) is 33.1 Å². The van der Waals surface area contributed by atoms with Gasteiger partial charge >= 0.3 is 0 Å². The molecule has 1 unspecified atom stereocenters. The maximum absolute atomic E-state index is 5.62. The van der Waals surface area contributed by atoms with Gasteiger partial charge in [-0.15, -0.1) is 0 Å². The average molecular weight is 272 g/mol. The maximum atomic E-state index is 5.62. The van der Waals surface area contributed by atoms with Crippen LogP contribution in [0.4, 0.5) is 0 Å². The highest BCUT2D eigenvalue weighted by Crippen LogP contribution is 2.28. The predicted molar refractivity (Wildman–Crippen MR) is 61.5 cm³/mol. The summed E-state index contributed by atoms with van der Waals surface area (Å²) >= 11 is 3.30. The molecule has 0 radical (unpaired) electrons. The van der Waals surface area contributed by atoms with Crippen molar-refractivity contribution in [1.29, 1.82) is 0 Å². The van der Waals surface area contributed by atoms with Gasteiger partial charge < -0.3 is 14.5 Å². The van der Waals surface area contributed by atoms with Crippen LogP contribution in [0.3, 0.4) is 0 Å². The second kappa shape index (κ2) is 4.86. The first kappa shape index (κ1) is 10.8. The van der Waals surface area contributed by atoms with Gasteiger partial charge in [0, 0.05) is 0 Å². The van der Waals surface area contributed by atoms with Crippen molar-refractivity contribution in [2.45, 2.75) is 18.9 Å². The molecule has 1 aromatic rings. The first-order valence-electron chi connectivity index (χ1n) is 5.06. The Bertz CT molecular complexity index is 359. The number of rotatable bonds is 3. The summed E-state index contributed by atoms with van der Waals surface area (Å²) in [5.74, 6) is 1.84. The van der Waals surface area contributed by atoms with Crippen LogP contribution in [-0.4, -0.2) is 13.7 Å². The first-order chi connectivity index (χ1) is 7.31. The van der Waals surface area contributed by atoms with E-state index in [1.807, 2.05) is 19.2 Å². The Morgan fingerprint density at radius 1 is 1.47 bits per heavy atom. The van der Waals surface area contributed by atoms with E-state index in [2.05, 4.69) is 27.3 Å². The smallest absolute Gasteiger partial charge is 0.169 e. The summed E-state index contributed by atoms with van der Waals surface area (Å²) in [5.41, 5.74) is 0. The molecule has 2 rings (SSSR count). The molecule has 15 heavy (non-hydrogen) atoms. The summed E-state index contributed by atoms with van der Waals surface area (Å²) in [6, 6.07) is 3.87. The van der Waals surface area contributed by atoms with Crippen molar-refractivity contribution < 1.29 is 9.15 Å². The third kappa shape index (κ3) is 2.44. The molecule has 0 amide bonds. The molecule has 0 spiro atoms. The fourth-order valence-electron chi connectivity index (χ4n) is 1.69. The van der Waals surface area contributed by atoms with E-state index >= 15 is 0 Å². The maximum Gasteiger partial charge on any atom is 0.169 e. The largest absolute Gasteiger partial charge is 0.496 e. The molecule has 1 aromatic heterocycles. The average Bonchev–Trinajstić information content (AvgIpc) is 2.68. The Labute approximate surface area is 97.6 Å². The molecule has 3 nitrogen and oxygen atoms in total. The van der Waals surface area contributed by atoms with Crippen LogP contribution in [0.25, 0.3) is 0 Å². The molecule has 2 heterocycles. The lowest BCUT2D eigenvalue weighted by atomic mass is 10.1. The minimum atomic E-state index is 0.0246. The molecule has 82 valence electrons. The molecule has 0 aromatic carbocycles. The van der Waals surface area contributed by atoms with E-state index in [0.29, 0.717) is 0 Å². The molecule has 1 N–H and O–H groups in total. The topological polar surface area (TPSA) is 34.4 Å². The van der Waals surface area contributed by atoms with Crippen LogP contribution in [0, 0.1) is 0 Å². The Kier molecular flexibility index (Phi) is 3.49. The summed E-state index contributed by atoms with van der Waals surface area (Å²) in [4.78, 5) is 0. The zero-order chi connectivity index (χ0) is 10.7. The summed E-state index contributed by atoms with van der Waals surface area (Å²) < 4.78 is 11.9.